The smallest absolute Gasteiger partial charge is 0.228 e. The van der Waals surface area contributed by atoms with Crippen LogP contribution in [0.5, 0.6) is 0 Å². The van der Waals surface area contributed by atoms with Crippen LogP contribution < -0.4 is 4.90 Å². The lowest BCUT2D eigenvalue weighted by atomic mass is 10.3. The summed E-state index contributed by atoms with van der Waals surface area (Å²) in [5.41, 5.74) is 0.596. The van der Waals surface area contributed by atoms with Gasteiger partial charge in [-0.2, -0.15) is 0 Å². The first-order valence-electron chi connectivity index (χ1n) is 4.58. The third-order valence-electron chi connectivity index (χ3n) is 2.33. The van der Waals surface area contributed by atoms with Crippen LogP contribution in [0.3, 0.4) is 0 Å². The fraction of sp³-hybridized carbons (Fsp3) is 0.300. The normalized spacial score (nSPS) is 20.6. The Morgan fingerprint density at radius 1 is 1.31 bits per heavy atom. The summed E-state index contributed by atoms with van der Waals surface area (Å²) in [4.78, 5) is 13.5. The third kappa shape index (κ3) is 2.40. The molecule has 0 bridgehead atoms. The van der Waals surface area contributed by atoms with Gasteiger partial charge in [0.1, 0.15) is 0 Å². The molecule has 0 aliphatic carbocycles. The van der Waals surface area contributed by atoms with Crippen LogP contribution in [-0.4, -0.2) is 17.3 Å². The highest BCUT2D eigenvalue weighted by atomic mass is 79.9. The molecule has 2 rings (SSSR count). The molecule has 0 aromatic heterocycles. The average Bonchev–Trinajstić information content (AvgIpc) is 2.43. The minimum absolute atomic E-state index is 0.0352. The molecule has 1 aliphatic heterocycles. The Kier molecular flexibility index (Phi) is 3.84. The van der Waals surface area contributed by atoms with Gasteiger partial charge in [0.15, 0.2) is 0 Å². The van der Waals surface area contributed by atoms with E-state index in [1.165, 1.54) is 0 Å². The molecule has 2 nitrogen and oxygen atoms in total. The quantitative estimate of drug-likeness (QED) is 0.659. The second-order valence-corrected chi connectivity index (χ2v) is 6.55. The van der Waals surface area contributed by atoms with Crippen molar-refractivity contribution < 1.29 is 4.79 Å². The van der Waals surface area contributed by atoms with Gasteiger partial charge in [0.2, 0.25) is 5.91 Å². The number of amides is 1. The first-order chi connectivity index (χ1) is 7.49. The van der Waals surface area contributed by atoms with Crippen molar-refractivity contribution in [2.45, 2.75) is 11.2 Å². The lowest BCUT2D eigenvalue weighted by Crippen LogP contribution is -2.25. The second kappa shape index (κ2) is 4.84. The summed E-state index contributed by atoms with van der Waals surface area (Å²) < 4.78 is 0.799. The molecule has 0 saturated carbocycles. The Morgan fingerprint density at radius 2 is 1.88 bits per heavy atom. The van der Waals surface area contributed by atoms with Gasteiger partial charge >= 0.3 is 0 Å². The standard InChI is InChI=1S/C10H7Br2Cl2NO/c11-5-1-7(13)10(8(14)2-5)15-4-6(12)3-9(15)16/h1-2,6H,3-4H2. The molecule has 1 aromatic rings. The monoisotopic (exact) mass is 385 g/mol. The number of anilines is 1. The minimum Gasteiger partial charge on any atom is -0.308 e. The molecule has 0 N–H and O–H groups in total. The van der Waals surface area contributed by atoms with Crippen molar-refractivity contribution in [2.24, 2.45) is 0 Å². The number of rotatable bonds is 1. The first kappa shape index (κ1) is 12.7. The van der Waals surface area contributed by atoms with E-state index in [1.807, 2.05) is 0 Å². The predicted molar refractivity (Wildman–Crippen MR) is 73.8 cm³/mol. The van der Waals surface area contributed by atoms with E-state index >= 15 is 0 Å². The van der Waals surface area contributed by atoms with Crippen LogP contribution in [-0.2, 0) is 4.79 Å². The number of hydrogen-bond donors (Lipinski definition) is 0. The molecule has 0 radical (unpaired) electrons. The average molecular weight is 388 g/mol. The summed E-state index contributed by atoms with van der Waals surface area (Å²) in [5, 5.41) is 0.962. The molecule has 16 heavy (non-hydrogen) atoms. The van der Waals surface area contributed by atoms with Crippen molar-refractivity contribution in [3.05, 3.63) is 26.7 Å². The van der Waals surface area contributed by atoms with Crippen molar-refractivity contribution >= 4 is 66.7 Å². The van der Waals surface area contributed by atoms with E-state index in [1.54, 1.807) is 17.0 Å². The van der Waals surface area contributed by atoms with Gasteiger partial charge in [-0.1, -0.05) is 55.1 Å². The van der Waals surface area contributed by atoms with Crippen molar-refractivity contribution in [3.8, 4) is 0 Å². The molecule has 1 unspecified atom stereocenters. The molecule has 6 heteroatoms. The van der Waals surface area contributed by atoms with Crippen LogP contribution in [0.2, 0.25) is 10.0 Å². The van der Waals surface area contributed by atoms with Gasteiger partial charge in [-0.25, -0.2) is 0 Å². The molecule has 1 aromatic carbocycles. The lowest BCUT2D eigenvalue weighted by molar-refractivity contribution is -0.117. The zero-order valence-electron chi connectivity index (χ0n) is 8.01. The zero-order valence-corrected chi connectivity index (χ0v) is 12.7. The largest absolute Gasteiger partial charge is 0.308 e. The highest BCUT2D eigenvalue weighted by Crippen LogP contribution is 2.39. The van der Waals surface area contributed by atoms with Crippen LogP contribution in [0.15, 0.2) is 16.6 Å². The van der Waals surface area contributed by atoms with Crippen LogP contribution in [0.25, 0.3) is 0 Å². The molecule has 1 atom stereocenters. The van der Waals surface area contributed by atoms with Gasteiger partial charge in [-0.3, -0.25) is 4.79 Å². The van der Waals surface area contributed by atoms with Crippen molar-refractivity contribution in [1.82, 2.24) is 0 Å². The summed E-state index contributed by atoms with van der Waals surface area (Å²) >= 11 is 18.9. The first-order valence-corrected chi connectivity index (χ1v) is 7.04. The summed E-state index contributed by atoms with van der Waals surface area (Å²) in [6.45, 7) is 0.597. The fourth-order valence-electron chi connectivity index (χ4n) is 1.67. The molecule has 1 saturated heterocycles. The van der Waals surface area contributed by atoms with E-state index in [0.717, 1.165) is 4.47 Å². The molecule has 1 aliphatic rings. The van der Waals surface area contributed by atoms with E-state index in [2.05, 4.69) is 31.9 Å². The van der Waals surface area contributed by atoms with Crippen LogP contribution in [0.1, 0.15) is 6.42 Å². The maximum absolute atomic E-state index is 11.7. The zero-order chi connectivity index (χ0) is 11.9. The molecule has 86 valence electrons. The number of carbonyl (C=O) groups excluding carboxylic acids is 1. The van der Waals surface area contributed by atoms with Crippen molar-refractivity contribution in [3.63, 3.8) is 0 Å². The van der Waals surface area contributed by atoms with Gasteiger partial charge in [-0.15, -0.1) is 0 Å². The number of nitrogens with zero attached hydrogens (tertiary/aromatic N) is 1. The molecule has 1 heterocycles. The summed E-state index contributed by atoms with van der Waals surface area (Å²) in [6.07, 6.45) is 0.475. The summed E-state index contributed by atoms with van der Waals surface area (Å²) in [6, 6.07) is 3.47. The van der Waals surface area contributed by atoms with Crippen LogP contribution in [0.4, 0.5) is 5.69 Å². The molecular weight excluding hydrogens is 381 g/mol. The van der Waals surface area contributed by atoms with E-state index < -0.39 is 0 Å². The molecule has 1 fully saturated rings. The Balaban J connectivity index is 2.44. The predicted octanol–water partition coefficient (Wildman–Crippen LogP) is 4.26. The van der Waals surface area contributed by atoms with Gasteiger partial charge in [0.05, 0.1) is 15.7 Å². The maximum atomic E-state index is 11.7. The van der Waals surface area contributed by atoms with E-state index in [-0.39, 0.29) is 10.7 Å². The molecule has 0 spiro atoms. The molecular formula is C10H7Br2Cl2NO. The highest BCUT2D eigenvalue weighted by molar-refractivity contribution is 9.10. The molecule has 1 amide bonds. The topological polar surface area (TPSA) is 20.3 Å². The number of halogens is 4. The third-order valence-corrected chi connectivity index (χ3v) is 3.98. The number of benzene rings is 1. The Hall–Kier alpha value is 0.230. The Bertz CT molecular complexity index is 429. The van der Waals surface area contributed by atoms with Gasteiger partial charge in [0.25, 0.3) is 0 Å². The summed E-state index contributed by atoms with van der Waals surface area (Å²) in [7, 11) is 0. The van der Waals surface area contributed by atoms with Gasteiger partial charge < -0.3 is 4.90 Å². The van der Waals surface area contributed by atoms with E-state index in [0.29, 0.717) is 28.7 Å². The lowest BCUT2D eigenvalue weighted by Gasteiger charge is -2.19. The van der Waals surface area contributed by atoms with Crippen LogP contribution in [0, 0.1) is 0 Å². The Morgan fingerprint density at radius 3 is 2.31 bits per heavy atom. The SMILES string of the molecule is O=C1CC(Br)CN1c1c(Cl)cc(Br)cc1Cl. The second-order valence-electron chi connectivity index (χ2n) is 3.52. The summed E-state index contributed by atoms with van der Waals surface area (Å²) in [5.74, 6) is 0.0352. The van der Waals surface area contributed by atoms with Crippen molar-refractivity contribution in [2.75, 3.05) is 11.4 Å². The fourth-order valence-corrected chi connectivity index (χ4v) is 3.65. The Labute approximate surface area is 120 Å². The maximum Gasteiger partial charge on any atom is 0.228 e. The van der Waals surface area contributed by atoms with Gasteiger partial charge in [0, 0.05) is 22.3 Å². The van der Waals surface area contributed by atoms with Crippen molar-refractivity contribution in [1.29, 1.82) is 0 Å². The highest BCUT2D eigenvalue weighted by Gasteiger charge is 2.31. The minimum atomic E-state index is 0.0352. The van der Waals surface area contributed by atoms with E-state index in [9.17, 15) is 4.79 Å². The van der Waals surface area contributed by atoms with E-state index in [4.69, 9.17) is 23.2 Å². The van der Waals surface area contributed by atoms with Crippen LogP contribution >= 0.6 is 55.1 Å². The number of carbonyl (C=O) groups is 1. The number of alkyl halides is 1. The number of hydrogen-bond acceptors (Lipinski definition) is 1. The van der Waals surface area contributed by atoms with Gasteiger partial charge in [-0.05, 0) is 12.1 Å².